The zero-order valence-electron chi connectivity index (χ0n) is 30.2. The van der Waals surface area contributed by atoms with E-state index in [1.165, 1.54) is 9.75 Å². The number of thiophene rings is 2. The monoisotopic (exact) mass is 766 g/mol. The highest BCUT2D eigenvalue weighted by molar-refractivity contribution is 7.89. The highest BCUT2D eigenvalue weighted by Crippen LogP contribution is 2.39. The molecule has 52 heavy (non-hydrogen) atoms. The molecule has 2 aliphatic heterocycles. The number of benzene rings is 2. The van der Waals surface area contributed by atoms with E-state index in [2.05, 4.69) is 39.5 Å². The van der Waals surface area contributed by atoms with E-state index in [1.807, 2.05) is 48.7 Å². The molecule has 0 spiro atoms. The minimum Gasteiger partial charge on any atom is -0.496 e. The lowest BCUT2D eigenvalue weighted by molar-refractivity contribution is 0.0925. The molecule has 3 N–H and O–H groups in total. The van der Waals surface area contributed by atoms with Crippen LogP contribution in [0.2, 0.25) is 0 Å². The third-order valence-electron chi connectivity index (χ3n) is 10.1. The average molecular weight is 767 g/mol. The number of rotatable bonds is 13. The lowest BCUT2D eigenvalue weighted by Gasteiger charge is -2.41. The van der Waals surface area contributed by atoms with Crippen LogP contribution in [0.4, 0.5) is 0 Å². The molecule has 4 aromatic rings. The van der Waals surface area contributed by atoms with Gasteiger partial charge in [0.05, 0.1) is 31.1 Å². The molecule has 0 aliphatic carbocycles. The summed E-state index contributed by atoms with van der Waals surface area (Å²) in [5, 5.41) is 13.8. The van der Waals surface area contributed by atoms with Gasteiger partial charge in [-0.1, -0.05) is 43.3 Å². The van der Waals surface area contributed by atoms with Crippen LogP contribution >= 0.6 is 22.7 Å². The van der Waals surface area contributed by atoms with Gasteiger partial charge in [-0.25, -0.2) is 12.7 Å². The Bertz CT molecular complexity index is 1830. The quantitative estimate of drug-likeness (QED) is 0.151. The molecule has 2 aliphatic rings. The second-order valence-corrected chi connectivity index (χ2v) is 17.2. The SMILES string of the molecule is CCCS(=O)(=O)N1CCC(CNC(=O)c2ccccc2OC)(c2cccs2)CC1.COc1ccccc1C(=O)NCC1(c2cccs2)CCNCC1. The first-order chi connectivity index (χ1) is 25.2. The molecule has 10 nitrogen and oxygen atoms in total. The molecule has 0 bridgehead atoms. The minimum atomic E-state index is -3.20. The second-order valence-electron chi connectivity index (χ2n) is 13.2. The number of amides is 2. The zero-order valence-corrected chi connectivity index (χ0v) is 32.6. The first kappa shape index (κ1) is 39.5. The van der Waals surface area contributed by atoms with E-state index < -0.39 is 10.0 Å². The van der Waals surface area contributed by atoms with E-state index in [0.29, 0.717) is 68.1 Å². The van der Waals surface area contributed by atoms with E-state index >= 15 is 0 Å². The largest absolute Gasteiger partial charge is 0.496 e. The predicted molar refractivity (Wildman–Crippen MR) is 210 cm³/mol. The van der Waals surface area contributed by atoms with Crippen LogP contribution in [0, 0.1) is 0 Å². The molecular weight excluding hydrogens is 717 g/mol. The highest BCUT2D eigenvalue weighted by Gasteiger charge is 2.40. The Hall–Kier alpha value is -3.75. The fourth-order valence-corrected chi connectivity index (χ4v) is 10.5. The highest BCUT2D eigenvalue weighted by atomic mass is 32.2. The molecule has 4 heterocycles. The number of carbonyl (C=O) groups is 2. The van der Waals surface area contributed by atoms with E-state index in [0.717, 1.165) is 25.9 Å². The summed E-state index contributed by atoms with van der Waals surface area (Å²) >= 11 is 3.44. The predicted octanol–water partition coefficient (Wildman–Crippen LogP) is 6.07. The maximum absolute atomic E-state index is 12.8. The third kappa shape index (κ3) is 9.42. The number of hydrogen-bond acceptors (Lipinski definition) is 9. The first-order valence-corrected chi connectivity index (χ1v) is 21.1. The summed E-state index contributed by atoms with van der Waals surface area (Å²) in [6, 6.07) is 22.8. The molecule has 0 saturated carbocycles. The molecule has 6 rings (SSSR count). The molecule has 13 heteroatoms. The van der Waals surface area contributed by atoms with Crippen molar-refractivity contribution in [2.45, 2.75) is 49.9 Å². The molecule has 2 aromatic heterocycles. The van der Waals surface area contributed by atoms with E-state index in [4.69, 9.17) is 9.47 Å². The average Bonchev–Trinajstić information content (AvgIpc) is 3.94. The van der Waals surface area contributed by atoms with Gasteiger partial charge >= 0.3 is 0 Å². The van der Waals surface area contributed by atoms with Crippen LogP contribution in [0.1, 0.15) is 69.5 Å². The fraction of sp³-hybridized carbons (Fsp3) is 0.436. The Morgan fingerprint density at radius 3 is 1.62 bits per heavy atom. The number of methoxy groups -OCH3 is 2. The number of ether oxygens (including phenoxy) is 2. The van der Waals surface area contributed by atoms with E-state index in [-0.39, 0.29) is 28.4 Å². The molecule has 2 aromatic carbocycles. The molecule has 280 valence electrons. The van der Waals surface area contributed by atoms with Crippen molar-refractivity contribution in [3.63, 3.8) is 0 Å². The Morgan fingerprint density at radius 2 is 1.19 bits per heavy atom. The molecule has 0 unspecified atom stereocenters. The standard InChI is InChI=1S/C21H28N2O4S2.C18H22N2O2S/c1-3-15-29(25,26)23-12-10-21(11-13-23,19-9-6-14-28-19)16-22-20(24)17-7-4-5-8-18(17)27-2;1-22-15-6-3-2-5-14(15)17(21)20-13-18(8-10-19-11-9-18)16-7-4-12-23-16/h4-9,14H,3,10-13,15-16H2,1-2H3,(H,22,24);2-7,12,19H,8-11,13H2,1H3,(H,20,21). The number of sulfonamides is 1. The first-order valence-electron chi connectivity index (χ1n) is 17.8. The number of nitrogens with one attached hydrogen (secondary N) is 3. The summed E-state index contributed by atoms with van der Waals surface area (Å²) in [4.78, 5) is 27.9. The van der Waals surface area contributed by atoms with Gasteiger partial charge in [0.15, 0.2) is 0 Å². The van der Waals surface area contributed by atoms with Crippen molar-refractivity contribution in [1.82, 2.24) is 20.3 Å². The van der Waals surface area contributed by atoms with Crippen LogP contribution in [0.3, 0.4) is 0 Å². The summed E-state index contributed by atoms with van der Waals surface area (Å²) in [7, 11) is -0.0661. The van der Waals surface area contributed by atoms with E-state index in [9.17, 15) is 18.0 Å². The minimum absolute atomic E-state index is 0.0388. The van der Waals surface area contributed by atoms with Crippen molar-refractivity contribution in [1.29, 1.82) is 0 Å². The fourth-order valence-electron chi connectivity index (χ4n) is 7.02. The van der Waals surface area contributed by atoms with Gasteiger partial charge in [-0.15, -0.1) is 22.7 Å². The molecule has 0 radical (unpaired) electrons. The van der Waals surface area contributed by atoms with Gasteiger partial charge in [0.2, 0.25) is 10.0 Å². The van der Waals surface area contributed by atoms with Crippen molar-refractivity contribution < 1.29 is 27.5 Å². The third-order valence-corrected chi connectivity index (χ3v) is 14.4. The van der Waals surface area contributed by atoms with Crippen LogP contribution in [0.25, 0.3) is 0 Å². The molecule has 2 fully saturated rings. The van der Waals surface area contributed by atoms with Crippen LogP contribution < -0.4 is 25.4 Å². The number of hydrogen-bond donors (Lipinski definition) is 3. The van der Waals surface area contributed by atoms with Crippen molar-refractivity contribution in [3.05, 3.63) is 104 Å². The molecule has 2 saturated heterocycles. The maximum Gasteiger partial charge on any atom is 0.255 e. The van der Waals surface area contributed by atoms with Crippen LogP contribution in [0.5, 0.6) is 11.5 Å². The number of para-hydroxylation sites is 2. The molecule has 2 amide bonds. The summed E-state index contributed by atoms with van der Waals surface area (Å²) in [5.74, 6) is 1.08. The Balaban J connectivity index is 0.000000206. The van der Waals surface area contributed by atoms with Crippen LogP contribution in [0.15, 0.2) is 83.6 Å². The number of nitrogens with zero attached hydrogens (tertiary/aromatic N) is 1. The van der Waals surface area contributed by atoms with Gasteiger partial charge < -0.3 is 25.4 Å². The summed E-state index contributed by atoms with van der Waals surface area (Å²) in [6.45, 7) is 5.93. The van der Waals surface area contributed by atoms with Gasteiger partial charge in [0.25, 0.3) is 11.8 Å². The van der Waals surface area contributed by atoms with Crippen molar-refractivity contribution in [2.75, 3.05) is 59.2 Å². The lowest BCUT2D eigenvalue weighted by atomic mass is 9.77. The molecular formula is C39H50N4O6S3. The van der Waals surface area contributed by atoms with Gasteiger partial charge in [-0.3, -0.25) is 9.59 Å². The van der Waals surface area contributed by atoms with Gasteiger partial charge in [0, 0.05) is 46.8 Å². The van der Waals surface area contributed by atoms with Crippen molar-refractivity contribution in [3.8, 4) is 11.5 Å². The Kier molecular flexibility index (Phi) is 13.9. The lowest BCUT2D eigenvalue weighted by Crippen LogP contribution is -2.50. The van der Waals surface area contributed by atoms with Gasteiger partial charge in [-0.2, -0.15) is 0 Å². The summed E-state index contributed by atoms with van der Waals surface area (Å²) in [6.07, 6.45) is 4.06. The summed E-state index contributed by atoms with van der Waals surface area (Å²) < 4.78 is 37.1. The Morgan fingerprint density at radius 1 is 0.731 bits per heavy atom. The normalized spacial score (nSPS) is 16.9. The summed E-state index contributed by atoms with van der Waals surface area (Å²) in [5.41, 5.74) is 0.866. The number of piperidine rings is 2. The topological polar surface area (TPSA) is 126 Å². The van der Waals surface area contributed by atoms with E-state index in [1.54, 1.807) is 59.4 Å². The van der Waals surface area contributed by atoms with Crippen molar-refractivity contribution >= 4 is 44.5 Å². The molecule has 0 atom stereocenters. The van der Waals surface area contributed by atoms with Crippen LogP contribution in [-0.4, -0.2) is 83.8 Å². The second kappa shape index (κ2) is 18.3. The maximum atomic E-state index is 12.8. The zero-order chi connectivity index (χ0) is 37.0. The Labute approximate surface area is 316 Å². The van der Waals surface area contributed by atoms with Crippen LogP contribution in [-0.2, 0) is 20.9 Å². The smallest absolute Gasteiger partial charge is 0.255 e. The number of carbonyl (C=O) groups excluding carboxylic acids is 2. The van der Waals surface area contributed by atoms with Gasteiger partial charge in [0.1, 0.15) is 11.5 Å². The van der Waals surface area contributed by atoms with Crippen molar-refractivity contribution in [2.24, 2.45) is 0 Å². The van der Waals surface area contributed by atoms with Gasteiger partial charge in [-0.05, 0) is 92.4 Å².